The standard InChI is InChI=1S/C20H19N3O2S/c1-3-25-14-11-9-13(10-12-14)23-19(24)18-17(22-20(23)26-4-2)15-7-5-6-8-16(15)21-18/h5-12,21H,3-4H2,1-2H3. The van der Waals surface area contributed by atoms with E-state index in [1.54, 1.807) is 16.3 Å². The van der Waals surface area contributed by atoms with Crippen LogP contribution < -0.4 is 10.3 Å². The molecule has 0 fully saturated rings. The second-order valence-corrected chi connectivity index (χ2v) is 7.02. The third-order valence-electron chi connectivity index (χ3n) is 4.17. The van der Waals surface area contributed by atoms with Crippen molar-refractivity contribution in [3.63, 3.8) is 0 Å². The van der Waals surface area contributed by atoms with Gasteiger partial charge in [-0.15, -0.1) is 0 Å². The molecule has 2 aromatic heterocycles. The van der Waals surface area contributed by atoms with Crippen molar-refractivity contribution in [3.8, 4) is 11.4 Å². The SMILES string of the molecule is CCOc1ccc(-n2c(SCC)nc3c([nH]c4ccccc43)c2=O)cc1. The Bertz CT molecular complexity index is 1130. The summed E-state index contributed by atoms with van der Waals surface area (Å²) in [5.41, 5.74) is 2.86. The van der Waals surface area contributed by atoms with Gasteiger partial charge in [-0.1, -0.05) is 36.9 Å². The zero-order chi connectivity index (χ0) is 18.1. The zero-order valence-corrected chi connectivity index (χ0v) is 15.5. The van der Waals surface area contributed by atoms with Gasteiger partial charge in [0.05, 0.1) is 12.3 Å². The molecule has 6 heteroatoms. The largest absolute Gasteiger partial charge is 0.494 e. The molecule has 0 saturated heterocycles. The lowest BCUT2D eigenvalue weighted by molar-refractivity contribution is 0.340. The molecule has 1 N–H and O–H groups in total. The van der Waals surface area contributed by atoms with Gasteiger partial charge in [-0.3, -0.25) is 9.36 Å². The second kappa shape index (κ2) is 6.88. The van der Waals surface area contributed by atoms with Crippen molar-refractivity contribution in [2.45, 2.75) is 19.0 Å². The van der Waals surface area contributed by atoms with Gasteiger partial charge in [-0.2, -0.15) is 0 Å². The van der Waals surface area contributed by atoms with Gasteiger partial charge in [0.25, 0.3) is 5.56 Å². The highest BCUT2D eigenvalue weighted by molar-refractivity contribution is 7.99. The van der Waals surface area contributed by atoms with Crippen molar-refractivity contribution in [3.05, 3.63) is 58.9 Å². The lowest BCUT2D eigenvalue weighted by Gasteiger charge is -2.12. The van der Waals surface area contributed by atoms with Gasteiger partial charge < -0.3 is 9.72 Å². The average Bonchev–Trinajstić information content (AvgIpc) is 3.03. The van der Waals surface area contributed by atoms with Gasteiger partial charge in [0.2, 0.25) is 0 Å². The van der Waals surface area contributed by atoms with Crippen LogP contribution in [0.1, 0.15) is 13.8 Å². The summed E-state index contributed by atoms with van der Waals surface area (Å²) in [6, 6.07) is 15.4. The third kappa shape index (κ3) is 2.76. The van der Waals surface area contributed by atoms with Crippen molar-refractivity contribution < 1.29 is 4.74 Å². The first-order chi connectivity index (χ1) is 12.7. The van der Waals surface area contributed by atoms with Crippen molar-refractivity contribution in [2.24, 2.45) is 0 Å². The number of benzene rings is 2. The number of hydrogen-bond donors (Lipinski definition) is 1. The van der Waals surface area contributed by atoms with Gasteiger partial charge in [0, 0.05) is 10.9 Å². The smallest absolute Gasteiger partial charge is 0.283 e. The summed E-state index contributed by atoms with van der Waals surface area (Å²) in [4.78, 5) is 21.3. The monoisotopic (exact) mass is 365 g/mol. The summed E-state index contributed by atoms with van der Waals surface area (Å²) >= 11 is 1.56. The van der Waals surface area contributed by atoms with E-state index in [1.165, 1.54) is 0 Å². The van der Waals surface area contributed by atoms with Crippen molar-refractivity contribution in [1.29, 1.82) is 0 Å². The maximum absolute atomic E-state index is 13.3. The Morgan fingerprint density at radius 1 is 1.12 bits per heavy atom. The van der Waals surface area contributed by atoms with Gasteiger partial charge >= 0.3 is 0 Å². The summed E-state index contributed by atoms with van der Waals surface area (Å²) in [7, 11) is 0. The van der Waals surface area contributed by atoms with E-state index >= 15 is 0 Å². The number of fused-ring (bicyclic) bond motifs is 3. The number of nitrogens with zero attached hydrogens (tertiary/aromatic N) is 2. The predicted molar refractivity (Wildman–Crippen MR) is 107 cm³/mol. The predicted octanol–water partition coefficient (Wildman–Crippen LogP) is 4.38. The number of hydrogen-bond acceptors (Lipinski definition) is 4. The minimum atomic E-state index is -0.0914. The van der Waals surface area contributed by atoms with Crippen LogP contribution >= 0.6 is 11.8 Å². The molecule has 0 spiro atoms. The molecular formula is C20H19N3O2S. The second-order valence-electron chi connectivity index (χ2n) is 5.79. The first-order valence-corrected chi connectivity index (χ1v) is 9.61. The Hall–Kier alpha value is -2.73. The van der Waals surface area contributed by atoms with Crippen LogP contribution in [0.15, 0.2) is 58.5 Å². The fourth-order valence-corrected chi connectivity index (χ4v) is 3.79. The van der Waals surface area contributed by atoms with E-state index < -0.39 is 0 Å². The van der Waals surface area contributed by atoms with Crippen molar-refractivity contribution >= 4 is 33.7 Å². The Labute approximate surface area is 155 Å². The van der Waals surface area contributed by atoms with E-state index in [0.717, 1.165) is 33.6 Å². The highest BCUT2D eigenvalue weighted by atomic mass is 32.2. The van der Waals surface area contributed by atoms with Gasteiger partial charge in [-0.25, -0.2) is 4.98 Å². The van der Waals surface area contributed by atoms with Crippen LogP contribution in [0.25, 0.3) is 27.6 Å². The lowest BCUT2D eigenvalue weighted by Crippen LogP contribution is -2.21. The zero-order valence-electron chi connectivity index (χ0n) is 14.7. The van der Waals surface area contributed by atoms with Crippen LogP contribution in [0.4, 0.5) is 0 Å². The average molecular weight is 365 g/mol. The molecule has 0 aliphatic rings. The molecule has 0 atom stereocenters. The van der Waals surface area contributed by atoms with Gasteiger partial charge in [0.1, 0.15) is 16.8 Å². The molecule has 0 unspecified atom stereocenters. The van der Waals surface area contributed by atoms with Crippen LogP contribution in [0.5, 0.6) is 5.75 Å². The molecule has 0 saturated carbocycles. The van der Waals surface area contributed by atoms with Crippen molar-refractivity contribution in [1.82, 2.24) is 14.5 Å². The fraction of sp³-hybridized carbons (Fsp3) is 0.200. The Balaban J connectivity index is 1.97. The Kier molecular flexibility index (Phi) is 4.42. The topological polar surface area (TPSA) is 59.9 Å². The summed E-state index contributed by atoms with van der Waals surface area (Å²) in [5, 5.41) is 1.66. The number of aromatic nitrogens is 3. The normalized spacial score (nSPS) is 11.3. The van der Waals surface area contributed by atoms with Gasteiger partial charge in [0.15, 0.2) is 5.16 Å². The summed E-state index contributed by atoms with van der Waals surface area (Å²) in [6.07, 6.45) is 0. The number of H-pyrrole nitrogens is 1. The molecule has 5 nitrogen and oxygen atoms in total. The molecule has 0 aliphatic carbocycles. The number of aromatic amines is 1. The highest BCUT2D eigenvalue weighted by Crippen LogP contribution is 2.26. The maximum Gasteiger partial charge on any atom is 0.283 e. The van der Waals surface area contributed by atoms with Crippen LogP contribution in [-0.2, 0) is 0 Å². The van der Waals surface area contributed by atoms with Crippen LogP contribution in [0.2, 0.25) is 0 Å². The molecule has 0 bridgehead atoms. The lowest BCUT2D eigenvalue weighted by atomic mass is 10.2. The Morgan fingerprint density at radius 3 is 2.62 bits per heavy atom. The molecule has 26 heavy (non-hydrogen) atoms. The molecular weight excluding hydrogens is 346 g/mol. The van der Waals surface area contributed by atoms with E-state index in [2.05, 4.69) is 11.9 Å². The Morgan fingerprint density at radius 2 is 1.88 bits per heavy atom. The van der Waals surface area contributed by atoms with E-state index in [4.69, 9.17) is 9.72 Å². The summed E-state index contributed by atoms with van der Waals surface area (Å²) in [5.74, 6) is 1.62. The molecule has 0 radical (unpaired) electrons. The van der Waals surface area contributed by atoms with Crippen molar-refractivity contribution in [2.75, 3.05) is 12.4 Å². The summed E-state index contributed by atoms with van der Waals surface area (Å²) < 4.78 is 7.17. The molecule has 4 aromatic rings. The first-order valence-electron chi connectivity index (χ1n) is 8.62. The minimum Gasteiger partial charge on any atom is -0.494 e. The van der Waals surface area contributed by atoms with Crippen LogP contribution in [0, 0.1) is 0 Å². The van der Waals surface area contributed by atoms with E-state index in [-0.39, 0.29) is 5.56 Å². The first kappa shape index (κ1) is 16.7. The number of para-hydroxylation sites is 1. The fourth-order valence-electron chi connectivity index (χ4n) is 3.05. The number of thioether (sulfide) groups is 1. The van der Waals surface area contributed by atoms with Gasteiger partial charge in [-0.05, 0) is 43.0 Å². The van der Waals surface area contributed by atoms with E-state index in [0.29, 0.717) is 17.3 Å². The summed E-state index contributed by atoms with van der Waals surface area (Å²) in [6.45, 7) is 4.61. The van der Waals surface area contributed by atoms with Crippen LogP contribution in [0.3, 0.4) is 0 Å². The highest BCUT2D eigenvalue weighted by Gasteiger charge is 2.16. The molecule has 0 aliphatic heterocycles. The molecule has 4 rings (SSSR count). The molecule has 2 heterocycles. The number of rotatable bonds is 5. The van der Waals surface area contributed by atoms with Crippen LogP contribution in [-0.4, -0.2) is 26.9 Å². The van der Waals surface area contributed by atoms with E-state index in [1.807, 2.05) is 55.5 Å². The molecule has 132 valence electrons. The number of ether oxygens (including phenoxy) is 1. The molecule has 0 amide bonds. The molecule has 2 aromatic carbocycles. The minimum absolute atomic E-state index is 0.0914. The maximum atomic E-state index is 13.3. The quantitative estimate of drug-likeness (QED) is 0.421. The van der Waals surface area contributed by atoms with E-state index in [9.17, 15) is 4.79 Å². The third-order valence-corrected chi connectivity index (χ3v) is 4.99. The number of nitrogens with one attached hydrogen (secondary N) is 1.